The number of rotatable bonds is 7. The van der Waals surface area contributed by atoms with E-state index in [-0.39, 0.29) is 18.1 Å². The van der Waals surface area contributed by atoms with Gasteiger partial charge in [0.25, 0.3) is 0 Å². The van der Waals surface area contributed by atoms with E-state index < -0.39 is 27.8 Å². The molecule has 3 rings (SSSR count). The molecule has 1 amide bonds. The fourth-order valence-electron chi connectivity index (χ4n) is 2.88. The summed E-state index contributed by atoms with van der Waals surface area (Å²) in [7, 11) is -3.84. The van der Waals surface area contributed by atoms with Crippen LogP contribution in [0.4, 0.5) is 10.1 Å². The fraction of sp³-hybridized carbons (Fsp3) is 0.250. The number of halogens is 1. The lowest BCUT2D eigenvalue weighted by atomic mass is 10.1. The zero-order valence-corrected chi connectivity index (χ0v) is 17.5. The molecule has 0 fully saturated rings. The number of aryl methyl sites for hydroxylation is 1. The number of sulfonamides is 1. The van der Waals surface area contributed by atoms with E-state index in [1.165, 1.54) is 25.1 Å². The van der Waals surface area contributed by atoms with Crippen molar-refractivity contribution in [1.82, 2.24) is 15.5 Å². The number of carbonyl (C=O) groups excluding carboxylic acids is 1. The molecule has 0 radical (unpaired) electrons. The Bertz CT molecular complexity index is 1150. The maximum Gasteiger partial charge on any atom is 0.246 e. The van der Waals surface area contributed by atoms with Gasteiger partial charge in [-0.1, -0.05) is 41.1 Å². The molecule has 2 aromatic carbocycles. The Labute approximate surface area is 173 Å². The lowest BCUT2D eigenvalue weighted by molar-refractivity contribution is -0.122. The number of amides is 1. The van der Waals surface area contributed by atoms with Crippen LogP contribution in [0.25, 0.3) is 11.4 Å². The van der Waals surface area contributed by atoms with Crippen molar-refractivity contribution in [3.63, 3.8) is 0 Å². The quantitative estimate of drug-likeness (QED) is 0.615. The van der Waals surface area contributed by atoms with E-state index >= 15 is 0 Å². The highest BCUT2D eigenvalue weighted by atomic mass is 32.2. The zero-order chi connectivity index (χ0) is 21.9. The maximum atomic E-state index is 13.6. The number of anilines is 1. The van der Waals surface area contributed by atoms with E-state index in [4.69, 9.17) is 4.52 Å². The third-order valence-corrected chi connectivity index (χ3v) is 5.58. The van der Waals surface area contributed by atoms with Crippen molar-refractivity contribution in [1.29, 1.82) is 0 Å². The first-order chi connectivity index (χ1) is 14.1. The van der Waals surface area contributed by atoms with Crippen LogP contribution in [0.3, 0.4) is 0 Å². The summed E-state index contributed by atoms with van der Waals surface area (Å²) in [6.07, 6.45) is 0.952. The zero-order valence-electron chi connectivity index (χ0n) is 16.7. The third-order valence-electron chi connectivity index (χ3n) is 4.34. The summed E-state index contributed by atoms with van der Waals surface area (Å²) in [5.74, 6) is -0.657. The molecule has 0 aliphatic heterocycles. The molecule has 1 N–H and O–H groups in total. The highest BCUT2D eigenvalue weighted by Gasteiger charge is 2.29. The second-order valence-corrected chi connectivity index (χ2v) is 8.67. The van der Waals surface area contributed by atoms with E-state index in [1.807, 2.05) is 31.2 Å². The topological polar surface area (TPSA) is 105 Å². The van der Waals surface area contributed by atoms with E-state index in [9.17, 15) is 17.6 Å². The van der Waals surface area contributed by atoms with Crippen LogP contribution >= 0.6 is 0 Å². The third kappa shape index (κ3) is 5.01. The first-order valence-corrected chi connectivity index (χ1v) is 10.9. The second kappa shape index (κ2) is 8.62. The molecule has 0 spiro atoms. The van der Waals surface area contributed by atoms with Crippen LogP contribution in [-0.4, -0.2) is 36.8 Å². The van der Waals surface area contributed by atoms with E-state index in [2.05, 4.69) is 15.5 Å². The van der Waals surface area contributed by atoms with Gasteiger partial charge in [0.1, 0.15) is 11.9 Å². The van der Waals surface area contributed by atoms with Crippen LogP contribution in [0.15, 0.2) is 53.1 Å². The number of aromatic nitrogens is 2. The summed E-state index contributed by atoms with van der Waals surface area (Å²) in [6.45, 7) is 3.29. The average molecular weight is 432 g/mol. The number of hydrogen-bond donors (Lipinski definition) is 1. The molecule has 158 valence electrons. The monoisotopic (exact) mass is 432 g/mol. The van der Waals surface area contributed by atoms with Crippen molar-refractivity contribution < 1.29 is 22.1 Å². The standard InChI is InChI=1S/C20H21FN4O4S/c1-13-7-9-15(10-8-13)19-23-18(29-24-19)12-22-20(26)14(2)25(30(3,27)28)17-6-4-5-16(21)11-17/h4-11,14H,12H2,1-3H3,(H,22,26)/t14-/m0/s1. The first-order valence-electron chi connectivity index (χ1n) is 9.07. The SMILES string of the molecule is Cc1ccc(-c2noc(CNC(=O)[C@H](C)N(c3cccc(F)c3)S(C)(=O)=O)n2)cc1. The van der Waals surface area contributed by atoms with Crippen molar-refractivity contribution in [3.05, 3.63) is 65.8 Å². The van der Waals surface area contributed by atoms with Crippen molar-refractivity contribution >= 4 is 21.6 Å². The number of nitrogens with zero attached hydrogens (tertiary/aromatic N) is 3. The van der Waals surface area contributed by atoms with Crippen molar-refractivity contribution in [2.75, 3.05) is 10.6 Å². The van der Waals surface area contributed by atoms with Gasteiger partial charge < -0.3 is 9.84 Å². The minimum Gasteiger partial charge on any atom is -0.345 e. The summed E-state index contributed by atoms with van der Waals surface area (Å²) in [5, 5.41) is 6.46. The lowest BCUT2D eigenvalue weighted by Crippen LogP contribution is -2.47. The smallest absolute Gasteiger partial charge is 0.246 e. The van der Waals surface area contributed by atoms with Crippen molar-refractivity contribution in [2.24, 2.45) is 0 Å². The minimum absolute atomic E-state index is 0.0552. The van der Waals surface area contributed by atoms with Gasteiger partial charge in [0, 0.05) is 5.56 Å². The Kier molecular flexibility index (Phi) is 6.16. The number of hydrogen-bond acceptors (Lipinski definition) is 6. The van der Waals surface area contributed by atoms with Crippen LogP contribution in [-0.2, 0) is 21.4 Å². The Morgan fingerprint density at radius 1 is 1.23 bits per heavy atom. The molecule has 1 aromatic heterocycles. The summed E-state index contributed by atoms with van der Waals surface area (Å²) in [6, 6.07) is 11.5. The maximum absolute atomic E-state index is 13.6. The molecule has 8 nitrogen and oxygen atoms in total. The van der Waals surface area contributed by atoms with Crippen molar-refractivity contribution in [3.8, 4) is 11.4 Å². The molecular weight excluding hydrogens is 411 g/mol. The van der Waals surface area contributed by atoms with Gasteiger partial charge in [-0.05, 0) is 32.0 Å². The molecule has 10 heteroatoms. The average Bonchev–Trinajstić information content (AvgIpc) is 3.14. The van der Waals surface area contributed by atoms with Gasteiger partial charge in [0.15, 0.2) is 0 Å². The molecule has 0 saturated heterocycles. The molecule has 1 heterocycles. The first kappa shape index (κ1) is 21.4. The van der Waals surface area contributed by atoms with Gasteiger partial charge in [-0.3, -0.25) is 9.10 Å². The normalized spacial score (nSPS) is 12.4. The summed E-state index contributed by atoms with van der Waals surface area (Å²) in [4.78, 5) is 16.8. The number of nitrogens with one attached hydrogen (secondary N) is 1. The molecule has 1 atom stereocenters. The van der Waals surface area contributed by atoms with Gasteiger partial charge in [0.2, 0.25) is 27.6 Å². The van der Waals surface area contributed by atoms with E-state index in [1.54, 1.807) is 0 Å². The van der Waals surface area contributed by atoms with Gasteiger partial charge in [0.05, 0.1) is 18.5 Å². The van der Waals surface area contributed by atoms with Gasteiger partial charge in [-0.25, -0.2) is 12.8 Å². The van der Waals surface area contributed by atoms with Gasteiger partial charge in [-0.2, -0.15) is 4.98 Å². The van der Waals surface area contributed by atoms with Crippen LogP contribution < -0.4 is 9.62 Å². The van der Waals surface area contributed by atoms with Crippen LogP contribution in [0.2, 0.25) is 0 Å². The van der Waals surface area contributed by atoms with E-state index in [0.29, 0.717) is 5.82 Å². The molecule has 0 aliphatic rings. The van der Waals surface area contributed by atoms with Gasteiger partial charge >= 0.3 is 0 Å². The fourth-order valence-corrected chi connectivity index (χ4v) is 4.05. The summed E-state index contributed by atoms with van der Waals surface area (Å²) < 4.78 is 44.0. The molecular formula is C20H21FN4O4S. The molecule has 0 unspecified atom stereocenters. The molecule has 0 aliphatic carbocycles. The van der Waals surface area contributed by atoms with Crippen LogP contribution in [0.5, 0.6) is 0 Å². The Hall–Kier alpha value is -3.27. The van der Waals surface area contributed by atoms with Crippen LogP contribution in [0, 0.1) is 12.7 Å². The molecule has 30 heavy (non-hydrogen) atoms. The Balaban J connectivity index is 1.71. The largest absolute Gasteiger partial charge is 0.345 e. The predicted molar refractivity (Wildman–Crippen MR) is 110 cm³/mol. The van der Waals surface area contributed by atoms with Gasteiger partial charge in [-0.15, -0.1) is 0 Å². The highest BCUT2D eigenvalue weighted by molar-refractivity contribution is 7.92. The Morgan fingerprint density at radius 3 is 2.57 bits per heavy atom. The highest BCUT2D eigenvalue weighted by Crippen LogP contribution is 2.22. The molecule has 0 saturated carbocycles. The van der Waals surface area contributed by atoms with E-state index in [0.717, 1.165) is 27.8 Å². The lowest BCUT2D eigenvalue weighted by Gasteiger charge is -2.28. The predicted octanol–water partition coefficient (Wildman–Crippen LogP) is 2.66. The molecule has 3 aromatic rings. The minimum atomic E-state index is -3.84. The van der Waals surface area contributed by atoms with Crippen molar-refractivity contribution in [2.45, 2.75) is 26.4 Å². The Morgan fingerprint density at radius 2 is 1.93 bits per heavy atom. The summed E-state index contributed by atoms with van der Waals surface area (Å²) in [5.41, 5.74) is 1.92. The van der Waals surface area contributed by atoms with Crippen LogP contribution in [0.1, 0.15) is 18.4 Å². The second-order valence-electron chi connectivity index (χ2n) is 6.81. The molecule has 0 bridgehead atoms. The number of carbonyl (C=O) groups is 1. The number of benzene rings is 2. The summed E-state index contributed by atoms with van der Waals surface area (Å²) >= 11 is 0.